The molecule has 6 nitrogen and oxygen atoms in total. The van der Waals surface area contributed by atoms with Gasteiger partial charge in [0.25, 0.3) is 0 Å². The average molecular weight is 331 g/mol. The van der Waals surface area contributed by atoms with Crippen molar-refractivity contribution in [3.8, 4) is 0 Å². The Hall–Kier alpha value is -1.99. The normalized spacial score (nSPS) is 15.0. The van der Waals surface area contributed by atoms with Crippen LogP contribution in [0.2, 0.25) is 0 Å². The van der Waals surface area contributed by atoms with E-state index in [0.29, 0.717) is 6.42 Å². The van der Waals surface area contributed by atoms with Crippen LogP contribution in [0.15, 0.2) is 35.3 Å². The van der Waals surface area contributed by atoms with Gasteiger partial charge in [-0.1, -0.05) is 0 Å². The molecule has 0 atom stereocenters. The van der Waals surface area contributed by atoms with E-state index in [9.17, 15) is 4.79 Å². The Morgan fingerprint density at radius 2 is 2.00 bits per heavy atom. The maximum atomic E-state index is 12.2. The number of aromatic nitrogens is 2. The maximum Gasteiger partial charge on any atom is 0.225 e. The quantitative estimate of drug-likeness (QED) is 0.810. The highest BCUT2D eigenvalue weighted by Crippen LogP contribution is 2.10. The van der Waals surface area contributed by atoms with Crippen LogP contribution >= 0.6 is 11.3 Å². The highest BCUT2D eigenvalue weighted by molar-refractivity contribution is 7.07. The van der Waals surface area contributed by atoms with E-state index >= 15 is 0 Å². The van der Waals surface area contributed by atoms with E-state index in [-0.39, 0.29) is 5.91 Å². The van der Waals surface area contributed by atoms with Crippen LogP contribution in [0, 0.1) is 0 Å². The molecule has 2 aromatic heterocycles. The fourth-order valence-corrected chi connectivity index (χ4v) is 3.26. The SMILES string of the molecule is O=C(CCNCc1ccsc1)N1CCN(c2ncccn2)CC1. The lowest BCUT2D eigenvalue weighted by Crippen LogP contribution is -2.49. The van der Waals surface area contributed by atoms with Crippen molar-refractivity contribution in [2.75, 3.05) is 37.6 Å². The van der Waals surface area contributed by atoms with Crippen LogP contribution in [0.4, 0.5) is 5.95 Å². The van der Waals surface area contributed by atoms with Crippen molar-refractivity contribution in [3.63, 3.8) is 0 Å². The molecule has 23 heavy (non-hydrogen) atoms. The Kier molecular flexibility index (Phi) is 5.55. The Morgan fingerprint density at radius 1 is 1.22 bits per heavy atom. The Bertz CT molecular complexity index is 596. The van der Waals surface area contributed by atoms with E-state index in [0.717, 1.165) is 45.2 Å². The number of carbonyl (C=O) groups is 1. The van der Waals surface area contributed by atoms with Crippen molar-refractivity contribution in [3.05, 3.63) is 40.8 Å². The predicted octanol–water partition coefficient (Wildman–Crippen LogP) is 1.37. The average Bonchev–Trinajstić information content (AvgIpc) is 3.13. The molecule has 1 aliphatic heterocycles. The van der Waals surface area contributed by atoms with Crippen molar-refractivity contribution in [1.82, 2.24) is 20.2 Å². The molecule has 0 saturated carbocycles. The molecule has 0 bridgehead atoms. The number of anilines is 1. The third kappa shape index (κ3) is 4.49. The van der Waals surface area contributed by atoms with Gasteiger partial charge in [-0.3, -0.25) is 4.79 Å². The second-order valence-corrected chi connectivity index (χ2v) is 6.26. The maximum absolute atomic E-state index is 12.2. The number of nitrogens with zero attached hydrogens (tertiary/aromatic N) is 4. The fourth-order valence-electron chi connectivity index (χ4n) is 2.59. The molecular weight excluding hydrogens is 310 g/mol. The lowest BCUT2D eigenvalue weighted by atomic mass is 10.2. The van der Waals surface area contributed by atoms with Crippen molar-refractivity contribution in [2.45, 2.75) is 13.0 Å². The molecule has 0 aromatic carbocycles. The van der Waals surface area contributed by atoms with Gasteiger partial charge in [-0.15, -0.1) is 0 Å². The summed E-state index contributed by atoms with van der Waals surface area (Å²) in [5, 5.41) is 7.51. The van der Waals surface area contributed by atoms with Gasteiger partial charge in [0.05, 0.1) is 0 Å². The topological polar surface area (TPSA) is 61.4 Å². The summed E-state index contributed by atoms with van der Waals surface area (Å²) < 4.78 is 0. The van der Waals surface area contributed by atoms with Crippen molar-refractivity contribution < 1.29 is 4.79 Å². The highest BCUT2D eigenvalue weighted by atomic mass is 32.1. The van der Waals surface area contributed by atoms with Gasteiger partial charge in [-0.25, -0.2) is 9.97 Å². The molecule has 1 fully saturated rings. The second-order valence-electron chi connectivity index (χ2n) is 5.48. The smallest absolute Gasteiger partial charge is 0.225 e. The van der Waals surface area contributed by atoms with Crippen LogP contribution in [0.25, 0.3) is 0 Å². The van der Waals surface area contributed by atoms with Gasteiger partial charge in [0.2, 0.25) is 11.9 Å². The Balaban J connectivity index is 1.36. The van der Waals surface area contributed by atoms with Crippen LogP contribution in [-0.4, -0.2) is 53.5 Å². The minimum absolute atomic E-state index is 0.219. The van der Waals surface area contributed by atoms with Gasteiger partial charge >= 0.3 is 0 Å². The zero-order valence-corrected chi connectivity index (χ0v) is 13.8. The number of thiophene rings is 1. The minimum Gasteiger partial charge on any atom is -0.339 e. The summed E-state index contributed by atoms with van der Waals surface area (Å²) in [5.74, 6) is 0.966. The molecule has 3 rings (SSSR count). The van der Waals surface area contributed by atoms with E-state index in [4.69, 9.17) is 0 Å². The van der Waals surface area contributed by atoms with Gasteiger partial charge in [0.1, 0.15) is 0 Å². The first-order valence-electron chi connectivity index (χ1n) is 7.84. The third-order valence-electron chi connectivity index (χ3n) is 3.89. The lowest BCUT2D eigenvalue weighted by Gasteiger charge is -2.34. The van der Waals surface area contributed by atoms with Crippen LogP contribution < -0.4 is 10.2 Å². The summed E-state index contributed by atoms with van der Waals surface area (Å²) >= 11 is 1.69. The first-order chi connectivity index (χ1) is 11.3. The predicted molar refractivity (Wildman–Crippen MR) is 91.5 cm³/mol. The summed E-state index contributed by atoms with van der Waals surface area (Å²) in [4.78, 5) is 24.8. The summed E-state index contributed by atoms with van der Waals surface area (Å²) in [6, 6.07) is 3.91. The number of carbonyl (C=O) groups excluding carboxylic acids is 1. The summed E-state index contributed by atoms with van der Waals surface area (Å²) in [6.45, 7) is 4.60. The van der Waals surface area contributed by atoms with E-state index in [1.165, 1.54) is 5.56 Å². The van der Waals surface area contributed by atoms with Crippen LogP contribution in [0.1, 0.15) is 12.0 Å². The lowest BCUT2D eigenvalue weighted by molar-refractivity contribution is -0.131. The van der Waals surface area contributed by atoms with Crippen LogP contribution in [0.5, 0.6) is 0 Å². The van der Waals surface area contributed by atoms with Crippen molar-refractivity contribution in [1.29, 1.82) is 0 Å². The van der Waals surface area contributed by atoms with Gasteiger partial charge in [0, 0.05) is 58.1 Å². The number of hydrogen-bond donors (Lipinski definition) is 1. The van der Waals surface area contributed by atoms with E-state index in [2.05, 4.69) is 37.0 Å². The molecule has 2 aromatic rings. The molecule has 0 radical (unpaired) electrons. The Labute approximate surface area is 140 Å². The molecule has 1 aliphatic rings. The molecule has 1 saturated heterocycles. The number of amides is 1. The number of hydrogen-bond acceptors (Lipinski definition) is 6. The number of piperazine rings is 1. The summed E-state index contributed by atoms with van der Waals surface area (Å²) in [7, 11) is 0. The van der Waals surface area contributed by atoms with Gasteiger partial charge in [-0.05, 0) is 28.5 Å². The zero-order chi connectivity index (χ0) is 15.9. The summed E-state index contributed by atoms with van der Waals surface area (Å²) in [6.07, 6.45) is 4.05. The molecule has 0 aliphatic carbocycles. The molecule has 3 heterocycles. The number of nitrogens with one attached hydrogen (secondary N) is 1. The summed E-state index contributed by atoms with van der Waals surface area (Å²) in [5.41, 5.74) is 1.28. The first kappa shape index (κ1) is 15.9. The van der Waals surface area contributed by atoms with E-state index < -0.39 is 0 Å². The monoisotopic (exact) mass is 331 g/mol. The largest absolute Gasteiger partial charge is 0.339 e. The van der Waals surface area contributed by atoms with Gasteiger partial charge in [0.15, 0.2) is 0 Å². The third-order valence-corrected chi connectivity index (χ3v) is 4.62. The van der Waals surface area contributed by atoms with Crippen LogP contribution in [0.3, 0.4) is 0 Å². The first-order valence-corrected chi connectivity index (χ1v) is 8.79. The van der Waals surface area contributed by atoms with Crippen LogP contribution in [-0.2, 0) is 11.3 Å². The molecule has 1 amide bonds. The van der Waals surface area contributed by atoms with Gasteiger partial charge < -0.3 is 15.1 Å². The molecular formula is C16H21N5OS. The molecule has 7 heteroatoms. The van der Waals surface area contributed by atoms with Crippen molar-refractivity contribution in [2.24, 2.45) is 0 Å². The van der Waals surface area contributed by atoms with E-state index in [1.807, 2.05) is 11.0 Å². The Morgan fingerprint density at radius 3 is 2.70 bits per heavy atom. The zero-order valence-electron chi connectivity index (χ0n) is 13.0. The second kappa shape index (κ2) is 8.03. The molecule has 1 N–H and O–H groups in total. The molecule has 0 spiro atoms. The van der Waals surface area contributed by atoms with Crippen molar-refractivity contribution >= 4 is 23.2 Å². The number of rotatable bonds is 6. The minimum atomic E-state index is 0.219. The van der Waals surface area contributed by atoms with Gasteiger partial charge in [-0.2, -0.15) is 11.3 Å². The fraction of sp³-hybridized carbons (Fsp3) is 0.438. The van der Waals surface area contributed by atoms with E-state index in [1.54, 1.807) is 23.7 Å². The molecule has 0 unspecified atom stereocenters. The molecule has 122 valence electrons. The highest BCUT2D eigenvalue weighted by Gasteiger charge is 2.21. The standard InChI is InChI=1S/C16H21N5OS/c22-15(2-6-17-12-14-3-11-23-13-14)20-7-9-21(10-8-20)16-18-4-1-5-19-16/h1,3-5,11,13,17H,2,6-10,12H2.